The first-order chi connectivity index (χ1) is 16.8. The van der Waals surface area contributed by atoms with Gasteiger partial charge in [-0.25, -0.2) is 18.5 Å². The number of nitrogens with zero attached hydrogens (tertiary/aromatic N) is 2. The lowest BCUT2D eigenvalue weighted by molar-refractivity contribution is 0.598. The molecule has 0 atom stereocenters. The molecule has 0 aliphatic rings. The maximum atomic E-state index is 13.5. The molecule has 0 spiro atoms. The fourth-order valence-electron chi connectivity index (χ4n) is 3.94. The third-order valence-electron chi connectivity index (χ3n) is 5.68. The zero-order chi connectivity index (χ0) is 24.6. The summed E-state index contributed by atoms with van der Waals surface area (Å²) >= 11 is 1.39. The summed E-state index contributed by atoms with van der Waals surface area (Å²) in [6.07, 6.45) is 0.308. The number of aryl methyl sites for hydroxylation is 1. The number of hydrogen-bond acceptors (Lipinski definition) is 5. The van der Waals surface area contributed by atoms with Crippen LogP contribution in [0.2, 0.25) is 0 Å². The third kappa shape index (κ3) is 4.74. The second-order valence-corrected chi connectivity index (χ2v) is 10.6. The minimum absolute atomic E-state index is 0.0294. The Morgan fingerprint density at radius 1 is 0.943 bits per heavy atom. The SMILES string of the molecule is Cc1csc(-n2[nH]c(-c3cccc(-c4ccccc4)c3)c(Cc3ccc(S(N)(=O)=O)cc3)c2=O)n1. The van der Waals surface area contributed by atoms with Crippen molar-refractivity contribution in [2.75, 3.05) is 0 Å². The van der Waals surface area contributed by atoms with Gasteiger partial charge >= 0.3 is 0 Å². The van der Waals surface area contributed by atoms with E-state index in [-0.39, 0.29) is 10.5 Å². The molecule has 0 unspecified atom stereocenters. The Labute approximate surface area is 206 Å². The molecule has 0 aliphatic heterocycles. The van der Waals surface area contributed by atoms with Gasteiger partial charge in [0.05, 0.1) is 16.3 Å². The Hall–Kier alpha value is -3.79. The predicted molar refractivity (Wildman–Crippen MR) is 138 cm³/mol. The van der Waals surface area contributed by atoms with Gasteiger partial charge in [0.1, 0.15) is 0 Å². The molecule has 0 aliphatic carbocycles. The molecule has 2 aromatic heterocycles. The minimum Gasteiger partial charge on any atom is -0.288 e. The second-order valence-electron chi connectivity index (χ2n) is 8.19. The van der Waals surface area contributed by atoms with Crippen LogP contribution in [-0.2, 0) is 16.4 Å². The van der Waals surface area contributed by atoms with Crippen molar-refractivity contribution in [2.24, 2.45) is 5.14 Å². The van der Waals surface area contributed by atoms with E-state index in [1.165, 1.54) is 28.2 Å². The lowest BCUT2D eigenvalue weighted by atomic mass is 9.98. The van der Waals surface area contributed by atoms with Gasteiger partial charge in [0.2, 0.25) is 15.2 Å². The molecule has 0 bridgehead atoms. The van der Waals surface area contributed by atoms with Crippen LogP contribution in [0.1, 0.15) is 16.8 Å². The number of H-pyrrole nitrogens is 1. The summed E-state index contributed by atoms with van der Waals surface area (Å²) in [6, 6.07) is 24.3. The Morgan fingerprint density at radius 3 is 2.29 bits per heavy atom. The van der Waals surface area contributed by atoms with Crippen molar-refractivity contribution in [3.63, 3.8) is 0 Å². The molecule has 0 radical (unpaired) electrons. The average molecular weight is 503 g/mol. The van der Waals surface area contributed by atoms with Crippen molar-refractivity contribution in [1.82, 2.24) is 14.8 Å². The van der Waals surface area contributed by atoms with Crippen LogP contribution in [0.15, 0.2) is 93.9 Å². The van der Waals surface area contributed by atoms with E-state index in [1.807, 2.05) is 66.9 Å². The normalized spacial score (nSPS) is 11.6. The molecule has 35 heavy (non-hydrogen) atoms. The molecule has 0 saturated carbocycles. The summed E-state index contributed by atoms with van der Waals surface area (Å²) in [5.74, 6) is 0. The molecule has 176 valence electrons. The number of aromatic nitrogens is 3. The number of benzene rings is 3. The molecule has 0 fully saturated rings. The van der Waals surface area contributed by atoms with Gasteiger partial charge in [0.25, 0.3) is 5.56 Å². The number of primary sulfonamides is 1. The van der Waals surface area contributed by atoms with E-state index < -0.39 is 10.0 Å². The third-order valence-corrected chi connectivity index (χ3v) is 7.55. The van der Waals surface area contributed by atoms with E-state index in [9.17, 15) is 13.2 Å². The first kappa shape index (κ1) is 23.0. The van der Waals surface area contributed by atoms with Crippen molar-refractivity contribution in [2.45, 2.75) is 18.2 Å². The monoisotopic (exact) mass is 502 g/mol. The summed E-state index contributed by atoms with van der Waals surface area (Å²) in [7, 11) is -3.79. The molecule has 3 N–H and O–H groups in total. The molecule has 0 amide bonds. The van der Waals surface area contributed by atoms with Crippen molar-refractivity contribution in [3.05, 3.63) is 111 Å². The van der Waals surface area contributed by atoms with Crippen LogP contribution in [0.4, 0.5) is 0 Å². The fourth-order valence-corrected chi connectivity index (χ4v) is 5.21. The number of nitrogens with two attached hydrogens (primary N) is 1. The topological polar surface area (TPSA) is 111 Å². The molecule has 5 aromatic rings. The van der Waals surface area contributed by atoms with Crippen molar-refractivity contribution in [1.29, 1.82) is 0 Å². The van der Waals surface area contributed by atoms with Gasteiger partial charge in [-0.2, -0.15) is 4.68 Å². The van der Waals surface area contributed by atoms with E-state index in [1.54, 1.807) is 12.1 Å². The van der Waals surface area contributed by atoms with E-state index in [0.29, 0.717) is 22.8 Å². The Bertz CT molecular complexity index is 1670. The van der Waals surface area contributed by atoms with Gasteiger partial charge in [-0.3, -0.25) is 9.89 Å². The zero-order valence-electron chi connectivity index (χ0n) is 18.8. The maximum Gasteiger partial charge on any atom is 0.277 e. The largest absolute Gasteiger partial charge is 0.288 e. The highest BCUT2D eigenvalue weighted by Crippen LogP contribution is 2.28. The lowest BCUT2D eigenvalue weighted by Gasteiger charge is -2.07. The quantitative estimate of drug-likeness (QED) is 0.356. The maximum absolute atomic E-state index is 13.5. The van der Waals surface area contributed by atoms with Crippen LogP contribution in [-0.4, -0.2) is 23.2 Å². The molecule has 3 aromatic carbocycles. The smallest absolute Gasteiger partial charge is 0.277 e. The highest BCUT2D eigenvalue weighted by Gasteiger charge is 2.19. The predicted octanol–water partition coefficient (Wildman–Crippen LogP) is 4.50. The number of thiazole rings is 1. The Balaban J connectivity index is 1.62. The number of aromatic amines is 1. The van der Waals surface area contributed by atoms with Crippen molar-refractivity contribution < 1.29 is 8.42 Å². The van der Waals surface area contributed by atoms with Gasteiger partial charge in [0.15, 0.2) is 0 Å². The number of sulfonamides is 1. The summed E-state index contributed by atoms with van der Waals surface area (Å²) in [5, 5.41) is 10.9. The van der Waals surface area contributed by atoms with Crippen molar-refractivity contribution >= 4 is 21.4 Å². The van der Waals surface area contributed by atoms with Gasteiger partial charge in [0, 0.05) is 22.9 Å². The van der Waals surface area contributed by atoms with Crippen molar-refractivity contribution in [3.8, 4) is 27.5 Å². The number of nitrogens with one attached hydrogen (secondary N) is 1. The van der Waals surface area contributed by atoms with Crippen LogP contribution in [0.3, 0.4) is 0 Å². The van der Waals surface area contributed by atoms with E-state index in [2.05, 4.69) is 10.1 Å². The lowest BCUT2D eigenvalue weighted by Crippen LogP contribution is -2.17. The highest BCUT2D eigenvalue weighted by molar-refractivity contribution is 7.89. The van der Waals surface area contributed by atoms with Crippen LogP contribution in [0.5, 0.6) is 0 Å². The summed E-state index contributed by atoms with van der Waals surface area (Å²) in [6.45, 7) is 1.88. The standard InChI is InChI=1S/C26H22N4O3S2/c1-17-16-34-26(28-17)30-25(31)23(14-18-10-12-22(13-11-18)35(27,32)33)24(29-30)21-9-5-8-20(15-21)19-6-3-2-4-7-19/h2-13,15-16,29H,14H2,1H3,(H2,27,32,33). The first-order valence-electron chi connectivity index (χ1n) is 10.8. The van der Waals surface area contributed by atoms with E-state index >= 15 is 0 Å². The van der Waals surface area contributed by atoms with Crippen LogP contribution >= 0.6 is 11.3 Å². The molecular formula is C26H22N4O3S2. The molecule has 5 rings (SSSR count). The van der Waals surface area contributed by atoms with Gasteiger partial charge in [-0.1, -0.05) is 60.7 Å². The van der Waals surface area contributed by atoms with Crippen LogP contribution < -0.4 is 10.7 Å². The second kappa shape index (κ2) is 9.10. The molecule has 7 nitrogen and oxygen atoms in total. The van der Waals surface area contributed by atoms with E-state index in [0.717, 1.165) is 27.9 Å². The zero-order valence-corrected chi connectivity index (χ0v) is 20.4. The molecule has 0 saturated heterocycles. The highest BCUT2D eigenvalue weighted by atomic mass is 32.2. The molecule has 9 heteroatoms. The summed E-state index contributed by atoms with van der Waals surface area (Å²) < 4.78 is 24.7. The van der Waals surface area contributed by atoms with Gasteiger partial charge in [-0.05, 0) is 41.8 Å². The summed E-state index contributed by atoms with van der Waals surface area (Å²) in [4.78, 5) is 18.0. The van der Waals surface area contributed by atoms with Crippen LogP contribution in [0.25, 0.3) is 27.5 Å². The fraction of sp³-hybridized carbons (Fsp3) is 0.0769. The minimum atomic E-state index is -3.79. The number of hydrogen-bond donors (Lipinski definition) is 2. The summed E-state index contributed by atoms with van der Waals surface area (Å²) in [5.41, 5.74) is 5.65. The van der Waals surface area contributed by atoms with Crippen LogP contribution in [0, 0.1) is 6.92 Å². The molecule has 2 heterocycles. The number of rotatable bonds is 6. The Kier molecular flexibility index (Phi) is 5.98. The average Bonchev–Trinajstić information content (AvgIpc) is 3.42. The van der Waals surface area contributed by atoms with Gasteiger partial charge in [-0.15, -0.1) is 11.3 Å². The Morgan fingerprint density at radius 2 is 1.63 bits per heavy atom. The van der Waals surface area contributed by atoms with E-state index in [4.69, 9.17) is 5.14 Å². The first-order valence-corrected chi connectivity index (χ1v) is 13.3. The van der Waals surface area contributed by atoms with Gasteiger partial charge < -0.3 is 0 Å². The molecular weight excluding hydrogens is 480 g/mol.